The normalized spacial score (nSPS) is 13.0. The van der Waals surface area contributed by atoms with Crippen LogP contribution in [0.15, 0.2) is 48.5 Å². The molecular formula is C19H17F3N2O. The number of carbonyl (C=O) groups excluding carboxylic acids is 1. The third-order valence-electron chi connectivity index (χ3n) is 4.08. The molecule has 1 heterocycles. The lowest BCUT2D eigenvalue weighted by Gasteiger charge is -2.14. The largest absolute Gasteiger partial charge is 0.416 e. The van der Waals surface area contributed by atoms with Gasteiger partial charge in [-0.1, -0.05) is 35.9 Å². The second-order valence-electron chi connectivity index (χ2n) is 6.09. The van der Waals surface area contributed by atoms with Gasteiger partial charge in [-0.05, 0) is 37.6 Å². The number of rotatable bonds is 3. The average molecular weight is 346 g/mol. The van der Waals surface area contributed by atoms with Crippen molar-refractivity contribution < 1.29 is 18.0 Å². The first-order valence-corrected chi connectivity index (χ1v) is 7.81. The molecule has 2 N–H and O–H groups in total. The number of fused-ring (bicyclic) bond motifs is 1. The second-order valence-corrected chi connectivity index (χ2v) is 6.09. The summed E-state index contributed by atoms with van der Waals surface area (Å²) >= 11 is 0. The molecule has 0 saturated carbocycles. The van der Waals surface area contributed by atoms with Gasteiger partial charge in [0.25, 0.3) is 5.91 Å². The number of hydrogen-bond acceptors (Lipinski definition) is 1. The summed E-state index contributed by atoms with van der Waals surface area (Å²) in [6.07, 6.45) is -4.42. The second kappa shape index (κ2) is 6.27. The molecule has 0 bridgehead atoms. The molecule has 3 aromatic rings. The standard InChI is InChI=1S/C19H17F3N2O/c1-11-4-3-5-13(8-11)12(2)23-18(25)17-9-14-6-7-15(19(20,21)22)10-16(14)24-17/h3-10,12,24H,1-2H3,(H,23,25). The number of benzene rings is 2. The van der Waals surface area contributed by atoms with Crippen molar-refractivity contribution in [2.45, 2.75) is 26.1 Å². The Balaban J connectivity index is 1.82. The quantitative estimate of drug-likeness (QED) is 0.690. The number of halogens is 3. The van der Waals surface area contributed by atoms with Crippen molar-refractivity contribution in [1.29, 1.82) is 0 Å². The van der Waals surface area contributed by atoms with Gasteiger partial charge in [0, 0.05) is 10.9 Å². The van der Waals surface area contributed by atoms with Crippen molar-refractivity contribution in [2.24, 2.45) is 0 Å². The molecule has 0 spiro atoms. The van der Waals surface area contributed by atoms with Gasteiger partial charge in [-0.25, -0.2) is 0 Å². The number of hydrogen-bond donors (Lipinski definition) is 2. The van der Waals surface area contributed by atoms with Crippen molar-refractivity contribution >= 4 is 16.8 Å². The molecule has 1 unspecified atom stereocenters. The Bertz CT molecular complexity index is 928. The molecule has 130 valence electrons. The van der Waals surface area contributed by atoms with Crippen LogP contribution in [0.3, 0.4) is 0 Å². The van der Waals surface area contributed by atoms with Crippen LogP contribution in [0.5, 0.6) is 0 Å². The van der Waals surface area contributed by atoms with Gasteiger partial charge in [-0.2, -0.15) is 13.2 Å². The van der Waals surface area contributed by atoms with Crippen LogP contribution in [0, 0.1) is 6.92 Å². The Kier molecular flexibility index (Phi) is 4.29. The van der Waals surface area contributed by atoms with Crippen LogP contribution in [-0.4, -0.2) is 10.9 Å². The topological polar surface area (TPSA) is 44.9 Å². The van der Waals surface area contributed by atoms with Crippen LogP contribution in [0.2, 0.25) is 0 Å². The van der Waals surface area contributed by atoms with E-state index in [1.165, 1.54) is 6.07 Å². The molecule has 3 rings (SSSR count). The first-order valence-electron chi connectivity index (χ1n) is 7.81. The minimum atomic E-state index is -4.42. The predicted molar refractivity (Wildman–Crippen MR) is 90.4 cm³/mol. The smallest absolute Gasteiger partial charge is 0.351 e. The lowest BCUT2D eigenvalue weighted by molar-refractivity contribution is -0.137. The zero-order chi connectivity index (χ0) is 18.2. The molecule has 0 saturated heterocycles. The number of aromatic amines is 1. The van der Waals surface area contributed by atoms with Gasteiger partial charge < -0.3 is 10.3 Å². The first kappa shape index (κ1) is 17.1. The molecule has 3 nitrogen and oxygen atoms in total. The van der Waals surface area contributed by atoms with Gasteiger partial charge in [0.1, 0.15) is 5.69 Å². The molecule has 1 atom stereocenters. The van der Waals surface area contributed by atoms with Crippen molar-refractivity contribution in [3.63, 3.8) is 0 Å². The Morgan fingerprint density at radius 2 is 1.88 bits per heavy atom. The number of amides is 1. The highest BCUT2D eigenvalue weighted by Gasteiger charge is 2.30. The first-order chi connectivity index (χ1) is 11.7. The van der Waals surface area contributed by atoms with Crippen molar-refractivity contribution in [2.75, 3.05) is 0 Å². The van der Waals surface area contributed by atoms with Crippen LogP contribution in [-0.2, 0) is 6.18 Å². The average Bonchev–Trinajstić information content (AvgIpc) is 2.97. The lowest BCUT2D eigenvalue weighted by atomic mass is 10.1. The summed E-state index contributed by atoms with van der Waals surface area (Å²) in [6, 6.07) is 12.5. The minimum absolute atomic E-state index is 0.218. The minimum Gasteiger partial charge on any atom is -0.351 e. The highest BCUT2D eigenvalue weighted by atomic mass is 19.4. The van der Waals surface area contributed by atoms with Gasteiger partial charge in [0.2, 0.25) is 0 Å². The molecule has 25 heavy (non-hydrogen) atoms. The summed E-state index contributed by atoms with van der Waals surface area (Å²) in [7, 11) is 0. The number of aromatic nitrogens is 1. The number of nitrogens with one attached hydrogen (secondary N) is 2. The third-order valence-corrected chi connectivity index (χ3v) is 4.08. The monoisotopic (exact) mass is 346 g/mol. The van der Waals surface area contributed by atoms with Gasteiger partial charge in [-0.3, -0.25) is 4.79 Å². The summed E-state index contributed by atoms with van der Waals surface area (Å²) in [5.74, 6) is -0.362. The zero-order valence-corrected chi connectivity index (χ0v) is 13.7. The maximum absolute atomic E-state index is 12.8. The maximum Gasteiger partial charge on any atom is 0.416 e. The van der Waals surface area contributed by atoms with E-state index in [2.05, 4.69) is 10.3 Å². The van der Waals surface area contributed by atoms with E-state index in [1.807, 2.05) is 38.1 Å². The molecule has 0 aliphatic carbocycles. The van der Waals surface area contributed by atoms with E-state index in [-0.39, 0.29) is 23.2 Å². The van der Waals surface area contributed by atoms with Crippen molar-refractivity contribution in [1.82, 2.24) is 10.3 Å². The number of alkyl halides is 3. The number of H-pyrrole nitrogens is 1. The molecular weight excluding hydrogens is 329 g/mol. The van der Waals surface area contributed by atoms with Crippen LogP contribution >= 0.6 is 0 Å². The Hall–Kier alpha value is -2.76. The Morgan fingerprint density at radius 3 is 2.56 bits per heavy atom. The van der Waals surface area contributed by atoms with E-state index in [0.717, 1.165) is 23.3 Å². The molecule has 6 heteroatoms. The summed E-state index contributed by atoms with van der Waals surface area (Å²) in [5.41, 5.74) is 1.81. The molecule has 0 fully saturated rings. The van der Waals surface area contributed by atoms with E-state index in [9.17, 15) is 18.0 Å². The highest BCUT2D eigenvalue weighted by Crippen LogP contribution is 2.31. The van der Waals surface area contributed by atoms with Crippen molar-refractivity contribution in [3.8, 4) is 0 Å². The zero-order valence-electron chi connectivity index (χ0n) is 13.7. The van der Waals surface area contributed by atoms with E-state index < -0.39 is 11.7 Å². The molecule has 1 aromatic heterocycles. The van der Waals surface area contributed by atoms with E-state index in [4.69, 9.17) is 0 Å². The van der Waals surface area contributed by atoms with E-state index in [0.29, 0.717) is 5.39 Å². The van der Waals surface area contributed by atoms with Crippen LogP contribution in [0.25, 0.3) is 10.9 Å². The summed E-state index contributed by atoms with van der Waals surface area (Å²) in [5, 5.41) is 3.41. The van der Waals surface area contributed by atoms with E-state index >= 15 is 0 Å². The number of aryl methyl sites for hydroxylation is 1. The van der Waals surface area contributed by atoms with Gasteiger partial charge in [0.05, 0.1) is 11.6 Å². The third kappa shape index (κ3) is 3.68. The van der Waals surface area contributed by atoms with Crippen LogP contribution in [0.4, 0.5) is 13.2 Å². The molecule has 0 radical (unpaired) electrons. The molecule has 1 amide bonds. The van der Waals surface area contributed by atoms with E-state index in [1.54, 1.807) is 6.07 Å². The fourth-order valence-electron chi connectivity index (χ4n) is 2.72. The van der Waals surface area contributed by atoms with Crippen LogP contribution < -0.4 is 5.32 Å². The molecule has 0 aliphatic heterocycles. The summed E-state index contributed by atoms with van der Waals surface area (Å²) in [6.45, 7) is 3.82. The highest BCUT2D eigenvalue weighted by molar-refractivity contribution is 5.98. The van der Waals surface area contributed by atoms with Crippen molar-refractivity contribution in [3.05, 3.63) is 70.9 Å². The fraction of sp³-hybridized carbons (Fsp3) is 0.211. The SMILES string of the molecule is Cc1cccc(C(C)NC(=O)c2cc3ccc(C(F)(F)F)cc3[nH]2)c1. The summed E-state index contributed by atoms with van der Waals surface area (Å²) < 4.78 is 38.3. The van der Waals surface area contributed by atoms with Crippen LogP contribution in [0.1, 0.15) is 40.1 Å². The lowest BCUT2D eigenvalue weighted by Crippen LogP contribution is -2.26. The fourth-order valence-corrected chi connectivity index (χ4v) is 2.72. The Morgan fingerprint density at radius 1 is 1.12 bits per heavy atom. The molecule has 0 aliphatic rings. The van der Waals surface area contributed by atoms with Gasteiger partial charge in [-0.15, -0.1) is 0 Å². The predicted octanol–water partition coefficient (Wildman–Crippen LogP) is 4.99. The number of carbonyl (C=O) groups is 1. The molecule has 2 aromatic carbocycles. The maximum atomic E-state index is 12.8. The van der Waals surface area contributed by atoms with Gasteiger partial charge >= 0.3 is 6.18 Å². The Labute approximate surface area is 142 Å². The summed E-state index contributed by atoms with van der Waals surface area (Å²) in [4.78, 5) is 15.2. The van der Waals surface area contributed by atoms with Gasteiger partial charge in [0.15, 0.2) is 0 Å².